The lowest BCUT2D eigenvalue weighted by Crippen LogP contribution is -2.32. The van der Waals surface area contributed by atoms with Gasteiger partial charge in [0.1, 0.15) is 0 Å². The average Bonchev–Trinajstić information content (AvgIpc) is 2.47. The highest BCUT2D eigenvalue weighted by Crippen LogP contribution is 2.14. The van der Waals surface area contributed by atoms with Crippen LogP contribution in [0.2, 0.25) is 0 Å². The van der Waals surface area contributed by atoms with E-state index in [2.05, 4.69) is 46.0 Å². The summed E-state index contributed by atoms with van der Waals surface area (Å²) < 4.78 is 1.99. The summed E-state index contributed by atoms with van der Waals surface area (Å²) in [4.78, 5) is 12.7. The average molecular weight is 292 g/mol. The van der Waals surface area contributed by atoms with Crippen molar-refractivity contribution in [2.75, 3.05) is 0 Å². The first-order valence-corrected chi connectivity index (χ1v) is 8.47. The summed E-state index contributed by atoms with van der Waals surface area (Å²) in [5, 5.41) is 3.42. The Balaban J connectivity index is 2.96. The quantitative estimate of drug-likeness (QED) is 0.697. The molecule has 1 N–H and O–H groups in total. The summed E-state index contributed by atoms with van der Waals surface area (Å²) in [6.07, 6.45) is 4.52. The zero-order valence-electron chi connectivity index (χ0n) is 14.4. The number of rotatable bonds is 9. The normalized spacial score (nSPS) is 12.9. The molecule has 3 heteroatoms. The van der Waals surface area contributed by atoms with Gasteiger partial charge < -0.3 is 9.88 Å². The van der Waals surface area contributed by atoms with Crippen LogP contribution in [0.1, 0.15) is 77.5 Å². The molecule has 1 rings (SSSR count). The van der Waals surface area contributed by atoms with Crippen molar-refractivity contribution in [2.45, 2.75) is 85.4 Å². The molecule has 1 aromatic rings. The van der Waals surface area contributed by atoms with E-state index < -0.39 is 0 Å². The first kappa shape index (κ1) is 18.0. The smallest absolute Gasteiger partial charge is 0.255 e. The number of aromatic nitrogens is 1. The molecular formula is C18H32N2O. The van der Waals surface area contributed by atoms with Gasteiger partial charge in [-0.1, -0.05) is 46.6 Å². The molecule has 3 nitrogen and oxygen atoms in total. The predicted octanol–water partition coefficient (Wildman–Crippen LogP) is 4.05. The summed E-state index contributed by atoms with van der Waals surface area (Å²) in [7, 11) is 0. The molecule has 1 atom stereocenters. The van der Waals surface area contributed by atoms with Gasteiger partial charge in [0.25, 0.3) is 5.56 Å². The van der Waals surface area contributed by atoms with Crippen LogP contribution in [-0.4, -0.2) is 10.6 Å². The molecule has 0 aliphatic rings. The van der Waals surface area contributed by atoms with Crippen LogP contribution in [0.15, 0.2) is 16.9 Å². The molecule has 1 heterocycles. The lowest BCUT2D eigenvalue weighted by Gasteiger charge is -2.18. The monoisotopic (exact) mass is 292 g/mol. The minimum absolute atomic E-state index is 0.188. The Bertz CT molecular complexity index is 477. The van der Waals surface area contributed by atoms with Crippen LogP contribution in [0.5, 0.6) is 0 Å². The Morgan fingerprint density at radius 2 is 1.86 bits per heavy atom. The lowest BCUT2D eigenvalue weighted by molar-refractivity contribution is 0.518. The van der Waals surface area contributed by atoms with E-state index in [1.165, 1.54) is 12.8 Å². The molecule has 1 aromatic heterocycles. The molecular weight excluding hydrogens is 260 g/mol. The summed E-state index contributed by atoms with van der Waals surface area (Å²) in [5.74, 6) is 0.385. The third-order valence-electron chi connectivity index (χ3n) is 4.12. The topological polar surface area (TPSA) is 34.0 Å². The fraction of sp³-hybridized carbons (Fsp3) is 0.722. The minimum Gasteiger partial charge on any atom is -0.312 e. The molecule has 0 aliphatic carbocycles. The Morgan fingerprint density at radius 3 is 2.43 bits per heavy atom. The molecule has 0 bridgehead atoms. The Labute approximate surface area is 129 Å². The Kier molecular flexibility index (Phi) is 7.73. The molecule has 1 unspecified atom stereocenters. The third-order valence-corrected chi connectivity index (χ3v) is 4.12. The second kappa shape index (κ2) is 9.04. The Hall–Kier alpha value is -1.09. The number of hydrogen-bond acceptors (Lipinski definition) is 2. The van der Waals surface area contributed by atoms with E-state index in [-0.39, 0.29) is 5.56 Å². The van der Waals surface area contributed by atoms with E-state index >= 15 is 0 Å². The summed E-state index contributed by atoms with van der Waals surface area (Å²) in [5.41, 5.74) is 2.23. The number of nitrogens with zero attached hydrogens (tertiary/aromatic N) is 1. The zero-order valence-corrected chi connectivity index (χ0v) is 14.4. The van der Waals surface area contributed by atoms with Crippen LogP contribution in [0.25, 0.3) is 0 Å². The van der Waals surface area contributed by atoms with Gasteiger partial charge in [0.2, 0.25) is 0 Å². The second-order valence-corrected chi connectivity index (χ2v) is 6.29. The molecule has 0 saturated heterocycles. The van der Waals surface area contributed by atoms with Crippen molar-refractivity contribution in [1.29, 1.82) is 0 Å². The van der Waals surface area contributed by atoms with Crippen LogP contribution in [0.3, 0.4) is 0 Å². The number of hydrogen-bond donors (Lipinski definition) is 1. The second-order valence-electron chi connectivity index (χ2n) is 6.29. The first-order valence-electron chi connectivity index (χ1n) is 8.47. The van der Waals surface area contributed by atoms with Gasteiger partial charge in [-0.25, -0.2) is 0 Å². The van der Waals surface area contributed by atoms with Crippen LogP contribution in [-0.2, 0) is 13.1 Å². The van der Waals surface area contributed by atoms with Crippen LogP contribution < -0.4 is 10.9 Å². The standard InChI is InChI=1S/C18H32N2O/c1-6-8-9-12-20-17(14(3)4)11-10-16(18(20)21)13-19-15(5)7-2/h10-11,14-15,19H,6-9,12-13H2,1-5H3. The van der Waals surface area contributed by atoms with Gasteiger partial charge in [0.15, 0.2) is 0 Å². The highest BCUT2D eigenvalue weighted by Gasteiger charge is 2.11. The molecule has 0 aliphatic heterocycles. The van der Waals surface area contributed by atoms with Gasteiger partial charge in [0.05, 0.1) is 0 Å². The summed E-state index contributed by atoms with van der Waals surface area (Å²) >= 11 is 0. The van der Waals surface area contributed by atoms with Crippen molar-refractivity contribution in [3.8, 4) is 0 Å². The molecule has 0 radical (unpaired) electrons. The van der Waals surface area contributed by atoms with Crippen LogP contribution >= 0.6 is 0 Å². The van der Waals surface area contributed by atoms with E-state index in [0.717, 1.165) is 30.6 Å². The van der Waals surface area contributed by atoms with E-state index in [1.54, 1.807) is 0 Å². The molecule has 0 aromatic carbocycles. The fourth-order valence-corrected chi connectivity index (χ4v) is 2.46. The van der Waals surface area contributed by atoms with E-state index in [4.69, 9.17) is 0 Å². The minimum atomic E-state index is 0.188. The van der Waals surface area contributed by atoms with Gasteiger partial charge in [-0.3, -0.25) is 4.79 Å². The number of unbranched alkanes of at least 4 members (excludes halogenated alkanes) is 2. The highest BCUT2D eigenvalue weighted by atomic mass is 16.1. The zero-order chi connectivity index (χ0) is 15.8. The SMILES string of the molecule is CCCCCn1c(C(C)C)ccc(CNC(C)CC)c1=O. The number of nitrogens with one attached hydrogen (secondary N) is 1. The maximum atomic E-state index is 12.7. The highest BCUT2D eigenvalue weighted by molar-refractivity contribution is 5.18. The molecule has 0 fully saturated rings. The summed E-state index contributed by atoms with van der Waals surface area (Å²) in [6, 6.07) is 4.58. The van der Waals surface area contributed by atoms with Crippen molar-refractivity contribution in [1.82, 2.24) is 9.88 Å². The van der Waals surface area contributed by atoms with Gasteiger partial charge >= 0.3 is 0 Å². The maximum absolute atomic E-state index is 12.7. The lowest BCUT2D eigenvalue weighted by atomic mass is 10.1. The third kappa shape index (κ3) is 5.31. The molecule has 21 heavy (non-hydrogen) atoms. The first-order chi connectivity index (χ1) is 10.0. The van der Waals surface area contributed by atoms with Gasteiger partial charge in [-0.2, -0.15) is 0 Å². The fourth-order valence-electron chi connectivity index (χ4n) is 2.46. The molecule has 0 amide bonds. The van der Waals surface area contributed by atoms with E-state index in [1.807, 2.05) is 10.6 Å². The van der Waals surface area contributed by atoms with Gasteiger partial charge in [0, 0.05) is 30.4 Å². The summed E-state index contributed by atoms with van der Waals surface area (Å²) in [6.45, 7) is 12.3. The van der Waals surface area contributed by atoms with Gasteiger partial charge in [-0.05, 0) is 31.7 Å². The van der Waals surface area contributed by atoms with Crippen molar-refractivity contribution < 1.29 is 0 Å². The Morgan fingerprint density at radius 1 is 1.14 bits per heavy atom. The van der Waals surface area contributed by atoms with Gasteiger partial charge in [-0.15, -0.1) is 0 Å². The maximum Gasteiger partial charge on any atom is 0.255 e. The van der Waals surface area contributed by atoms with E-state index in [0.29, 0.717) is 18.5 Å². The van der Waals surface area contributed by atoms with Crippen molar-refractivity contribution >= 4 is 0 Å². The van der Waals surface area contributed by atoms with Crippen LogP contribution in [0.4, 0.5) is 0 Å². The van der Waals surface area contributed by atoms with Crippen molar-refractivity contribution in [2.24, 2.45) is 0 Å². The van der Waals surface area contributed by atoms with Crippen molar-refractivity contribution in [3.63, 3.8) is 0 Å². The largest absolute Gasteiger partial charge is 0.312 e. The van der Waals surface area contributed by atoms with Crippen LogP contribution in [0, 0.1) is 0 Å². The predicted molar refractivity (Wildman–Crippen MR) is 90.9 cm³/mol. The molecule has 0 spiro atoms. The number of pyridine rings is 1. The van der Waals surface area contributed by atoms with Crippen molar-refractivity contribution in [3.05, 3.63) is 33.7 Å². The molecule has 120 valence electrons. The van der Waals surface area contributed by atoms with E-state index in [9.17, 15) is 4.79 Å². The molecule has 0 saturated carbocycles.